The summed E-state index contributed by atoms with van der Waals surface area (Å²) in [4.78, 5) is 24.1. The largest absolute Gasteiger partial charge is 0.481 e. The van der Waals surface area contributed by atoms with Crippen molar-refractivity contribution >= 4 is 12.1 Å². The number of carboxylic acids is 1. The van der Waals surface area contributed by atoms with Crippen LogP contribution in [-0.2, 0) is 9.53 Å². The van der Waals surface area contributed by atoms with E-state index in [0.717, 1.165) is 11.1 Å². The Balaban J connectivity index is 1.85. The summed E-state index contributed by atoms with van der Waals surface area (Å²) in [6.45, 7) is 6.08. The molecular weight excluding hydrogens is 404 g/mol. The maximum absolute atomic E-state index is 12.7. The molecule has 1 aliphatic carbocycles. The van der Waals surface area contributed by atoms with Gasteiger partial charge >= 0.3 is 12.1 Å². The zero-order chi connectivity index (χ0) is 23.1. The van der Waals surface area contributed by atoms with Gasteiger partial charge in [-0.25, -0.2) is 9.80 Å². The Morgan fingerprint density at radius 3 is 1.91 bits per heavy atom. The van der Waals surface area contributed by atoms with E-state index in [1.54, 1.807) is 0 Å². The van der Waals surface area contributed by atoms with Crippen molar-refractivity contribution in [1.82, 2.24) is 10.4 Å². The fraction of sp³-hybridized carbons (Fsp3) is 0.462. The molecule has 0 aliphatic heterocycles. The normalized spacial score (nSPS) is 19.0. The molecule has 2 aromatic carbocycles. The van der Waals surface area contributed by atoms with E-state index in [1.165, 1.54) is 0 Å². The molecule has 1 fully saturated rings. The van der Waals surface area contributed by atoms with Crippen molar-refractivity contribution in [3.63, 3.8) is 0 Å². The Labute approximate surface area is 190 Å². The molecule has 0 atom stereocenters. The zero-order valence-electron chi connectivity index (χ0n) is 19.2. The number of carboxylic acid groups (broad SMARTS) is 1. The number of carbonyl (C=O) groups is 2. The number of hydrogen-bond donors (Lipinski definition) is 2. The summed E-state index contributed by atoms with van der Waals surface area (Å²) in [7, 11) is 0. The van der Waals surface area contributed by atoms with Crippen LogP contribution < -0.4 is 5.43 Å². The van der Waals surface area contributed by atoms with Crippen LogP contribution in [-0.4, -0.2) is 40.4 Å². The van der Waals surface area contributed by atoms with Gasteiger partial charge in [0.15, 0.2) is 0 Å². The number of rotatable bonds is 7. The monoisotopic (exact) mass is 438 g/mol. The van der Waals surface area contributed by atoms with Crippen molar-refractivity contribution in [3.8, 4) is 0 Å². The molecule has 1 amide bonds. The van der Waals surface area contributed by atoms with Crippen molar-refractivity contribution < 1.29 is 19.4 Å². The second-order valence-electron chi connectivity index (χ2n) is 9.48. The highest BCUT2D eigenvalue weighted by Gasteiger charge is 2.32. The number of hydrogen-bond acceptors (Lipinski definition) is 4. The Kier molecular flexibility index (Phi) is 7.91. The topological polar surface area (TPSA) is 78.9 Å². The molecule has 6 nitrogen and oxygen atoms in total. The number of aliphatic carboxylic acids is 1. The molecule has 0 aromatic heterocycles. The predicted octanol–water partition coefficient (Wildman–Crippen LogP) is 5.20. The third-order valence-electron chi connectivity index (χ3n) is 5.90. The van der Waals surface area contributed by atoms with Crippen molar-refractivity contribution in [1.29, 1.82) is 0 Å². The first kappa shape index (κ1) is 23.8. The fourth-order valence-electron chi connectivity index (χ4n) is 4.31. The minimum Gasteiger partial charge on any atom is -0.481 e. The Morgan fingerprint density at radius 2 is 1.47 bits per heavy atom. The lowest BCUT2D eigenvalue weighted by Gasteiger charge is -2.38. The van der Waals surface area contributed by atoms with Crippen LogP contribution in [0.1, 0.15) is 63.5 Å². The van der Waals surface area contributed by atoms with E-state index < -0.39 is 17.7 Å². The maximum atomic E-state index is 12.7. The Hall–Kier alpha value is -2.86. The van der Waals surface area contributed by atoms with E-state index >= 15 is 0 Å². The molecule has 0 unspecified atom stereocenters. The average molecular weight is 439 g/mol. The zero-order valence-corrected chi connectivity index (χ0v) is 19.2. The molecule has 6 heteroatoms. The molecule has 0 bridgehead atoms. The van der Waals surface area contributed by atoms with Crippen molar-refractivity contribution in [2.24, 2.45) is 5.92 Å². The minimum absolute atomic E-state index is 0.0459. The third kappa shape index (κ3) is 6.82. The number of nitrogens with one attached hydrogen (secondary N) is 1. The molecule has 0 saturated heterocycles. The van der Waals surface area contributed by atoms with Crippen LogP contribution in [0.25, 0.3) is 0 Å². The first-order chi connectivity index (χ1) is 15.2. The highest BCUT2D eigenvalue weighted by molar-refractivity contribution is 5.70. The lowest BCUT2D eigenvalue weighted by atomic mass is 9.85. The van der Waals surface area contributed by atoms with Gasteiger partial charge in [-0.2, -0.15) is 0 Å². The first-order valence-corrected chi connectivity index (χ1v) is 11.3. The number of benzene rings is 2. The van der Waals surface area contributed by atoms with E-state index in [2.05, 4.69) is 29.7 Å². The second-order valence-corrected chi connectivity index (χ2v) is 9.48. The van der Waals surface area contributed by atoms with Gasteiger partial charge < -0.3 is 9.84 Å². The lowest BCUT2D eigenvalue weighted by Crippen LogP contribution is -2.52. The van der Waals surface area contributed by atoms with Crippen LogP contribution in [0.4, 0.5) is 4.79 Å². The average Bonchev–Trinajstić information content (AvgIpc) is 2.76. The fourth-order valence-corrected chi connectivity index (χ4v) is 4.31. The van der Waals surface area contributed by atoms with Crippen LogP contribution in [0.5, 0.6) is 0 Å². The molecule has 32 heavy (non-hydrogen) atoms. The lowest BCUT2D eigenvalue weighted by molar-refractivity contribution is -0.143. The molecule has 0 heterocycles. The van der Waals surface area contributed by atoms with Gasteiger partial charge in [-0.1, -0.05) is 60.7 Å². The number of amides is 1. The summed E-state index contributed by atoms with van der Waals surface area (Å²) in [6.07, 6.45) is 2.14. The Bertz CT molecular complexity index is 832. The summed E-state index contributed by atoms with van der Waals surface area (Å²) in [5.41, 5.74) is 4.70. The third-order valence-corrected chi connectivity index (χ3v) is 5.90. The standard InChI is InChI=1S/C26H34N2O4/c1-26(2,3)32-25(31)27-28(22-16-14-21(15-17-22)24(29)30)18-23(19-10-6-4-7-11-19)20-12-8-5-9-13-20/h4-13,21-23H,14-18H2,1-3H3,(H,27,31)(H,29,30). The van der Waals surface area contributed by atoms with E-state index in [9.17, 15) is 14.7 Å². The van der Waals surface area contributed by atoms with E-state index in [4.69, 9.17) is 4.74 Å². The van der Waals surface area contributed by atoms with Crippen LogP contribution in [0, 0.1) is 5.92 Å². The summed E-state index contributed by atoms with van der Waals surface area (Å²) < 4.78 is 5.53. The van der Waals surface area contributed by atoms with Gasteiger partial charge in [-0.15, -0.1) is 0 Å². The van der Waals surface area contributed by atoms with Gasteiger partial charge in [0.05, 0.1) is 5.92 Å². The van der Waals surface area contributed by atoms with Crippen LogP contribution >= 0.6 is 0 Å². The smallest absolute Gasteiger partial charge is 0.422 e. The Morgan fingerprint density at radius 1 is 0.969 bits per heavy atom. The summed E-state index contributed by atoms with van der Waals surface area (Å²) in [6, 6.07) is 20.5. The van der Waals surface area contributed by atoms with Gasteiger partial charge in [0, 0.05) is 18.5 Å². The van der Waals surface area contributed by atoms with Gasteiger partial charge in [0.25, 0.3) is 0 Å². The summed E-state index contributed by atoms with van der Waals surface area (Å²) in [5.74, 6) is -1.00. The van der Waals surface area contributed by atoms with E-state index in [0.29, 0.717) is 32.2 Å². The van der Waals surface area contributed by atoms with Crippen molar-refractivity contribution in [2.45, 2.75) is 64.0 Å². The molecule has 0 radical (unpaired) electrons. The van der Waals surface area contributed by atoms with Crippen LogP contribution in [0.3, 0.4) is 0 Å². The molecule has 0 spiro atoms. The van der Waals surface area contributed by atoms with E-state index in [1.807, 2.05) is 62.2 Å². The van der Waals surface area contributed by atoms with Crippen LogP contribution in [0.2, 0.25) is 0 Å². The molecule has 1 aliphatic rings. The molecule has 2 N–H and O–H groups in total. The SMILES string of the molecule is CC(C)(C)OC(=O)NN(CC(c1ccccc1)c1ccccc1)C1CCC(C(=O)O)CC1. The van der Waals surface area contributed by atoms with Crippen molar-refractivity contribution in [3.05, 3.63) is 71.8 Å². The highest BCUT2D eigenvalue weighted by atomic mass is 16.6. The molecule has 2 aromatic rings. The molecule has 172 valence electrons. The van der Waals surface area contributed by atoms with Gasteiger partial charge in [-0.05, 0) is 57.6 Å². The summed E-state index contributed by atoms with van der Waals surface area (Å²) >= 11 is 0. The van der Waals surface area contributed by atoms with Crippen molar-refractivity contribution in [2.75, 3.05) is 6.54 Å². The van der Waals surface area contributed by atoms with Crippen LogP contribution in [0.15, 0.2) is 60.7 Å². The van der Waals surface area contributed by atoms with Gasteiger partial charge in [0.1, 0.15) is 5.60 Å². The minimum atomic E-state index is -0.735. The van der Waals surface area contributed by atoms with E-state index in [-0.39, 0.29) is 17.9 Å². The van der Waals surface area contributed by atoms with Gasteiger partial charge in [0.2, 0.25) is 0 Å². The molecule has 1 saturated carbocycles. The molecule has 3 rings (SSSR count). The van der Waals surface area contributed by atoms with Gasteiger partial charge in [-0.3, -0.25) is 10.2 Å². The molecular formula is C26H34N2O4. The second kappa shape index (κ2) is 10.6. The predicted molar refractivity (Wildman–Crippen MR) is 124 cm³/mol. The highest BCUT2D eigenvalue weighted by Crippen LogP contribution is 2.31. The number of nitrogens with zero attached hydrogens (tertiary/aromatic N) is 1. The maximum Gasteiger partial charge on any atom is 0.422 e. The summed E-state index contributed by atoms with van der Waals surface area (Å²) in [5, 5.41) is 11.3. The quantitative estimate of drug-likeness (QED) is 0.581. The number of ether oxygens (including phenoxy) is 1. The number of carbonyl (C=O) groups excluding carboxylic acids is 1. The number of hydrazine groups is 1. The first-order valence-electron chi connectivity index (χ1n) is 11.3.